The van der Waals surface area contributed by atoms with Crippen LogP contribution in [-0.2, 0) is 17.8 Å². The highest BCUT2D eigenvalue weighted by molar-refractivity contribution is 5.78. The van der Waals surface area contributed by atoms with Crippen LogP contribution in [0.25, 0.3) is 0 Å². The summed E-state index contributed by atoms with van der Waals surface area (Å²) in [6.07, 6.45) is 1.40. The van der Waals surface area contributed by atoms with Crippen LogP contribution in [0.4, 0.5) is 13.6 Å². The Morgan fingerprint density at radius 2 is 2.09 bits per heavy atom. The summed E-state index contributed by atoms with van der Waals surface area (Å²) in [4.78, 5) is 27.0. The van der Waals surface area contributed by atoms with Gasteiger partial charge < -0.3 is 15.1 Å². The third-order valence-electron chi connectivity index (χ3n) is 4.49. The van der Waals surface area contributed by atoms with Crippen molar-refractivity contribution in [1.82, 2.24) is 15.1 Å². The predicted molar refractivity (Wildman–Crippen MR) is 79.7 cm³/mol. The number of piperidine rings is 1. The molecule has 0 aromatic heterocycles. The van der Waals surface area contributed by atoms with Crippen molar-refractivity contribution in [2.45, 2.75) is 31.8 Å². The van der Waals surface area contributed by atoms with Crippen LogP contribution in [0.2, 0.25) is 0 Å². The summed E-state index contributed by atoms with van der Waals surface area (Å²) in [5, 5.41) is 2.91. The Hall–Kier alpha value is -2.18. The molecule has 0 spiro atoms. The zero-order valence-corrected chi connectivity index (χ0v) is 12.9. The SMILES string of the molecule is CN1C[C@H](NC(=O)N2CCc3c(F)cc(F)cc3C2)CCC1=O. The normalized spacial score (nSPS) is 21.2. The van der Waals surface area contributed by atoms with E-state index in [4.69, 9.17) is 0 Å². The predicted octanol–water partition coefficient (Wildman–Crippen LogP) is 1.65. The fourth-order valence-corrected chi connectivity index (χ4v) is 3.18. The quantitative estimate of drug-likeness (QED) is 0.854. The Bertz CT molecular complexity index is 650. The van der Waals surface area contributed by atoms with Crippen LogP contribution >= 0.6 is 0 Å². The van der Waals surface area contributed by atoms with E-state index in [0.717, 1.165) is 6.07 Å². The molecule has 3 rings (SSSR count). The summed E-state index contributed by atoms with van der Waals surface area (Å²) in [5.74, 6) is -1.10. The van der Waals surface area contributed by atoms with E-state index in [-0.39, 0.29) is 24.5 Å². The molecule has 3 amide bonds. The first-order valence-corrected chi connectivity index (χ1v) is 7.70. The number of hydrogen-bond acceptors (Lipinski definition) is 2. The monoisotopic (exact) mass is 323 g/mol. The molecule has 0 radical (unpaired) electrons. The lowest BCUT2D eigenvalue weighted by Gasteiger charge is -2.34. The molecule has 1 fully saturated rings. The molecule has 0 bridgehead atoms. The lowest BCUT2D eigenvalue weighted by atomic mass is 9.99. The van der Waals surface area contributed by atoms with Gasteiger partial charge in [0.15, 0.2) is 0 Å². The summed E-state index contributed by atoms with van der Waals surface area (Å²) in [5.41, 5.74) is 0.998. The van der Waals surface area contributed by atoms with Crippen LogP contribution in [0, 0.1) is 11.6 Å². The number of carbonyl (C=O) groups excluding carboxylic acids is 2. The number of hydrogen-bond donors (Lipinski definition) is 1. The van der Waals surface area contributed by atoms with Crippen molar-refractivity contribution >= 4 is 11.9 Å². The minimum Gasteiger partial charge on any atom is -0.344 e. The maximum Gasteiger partial charge on any atom is 0.317 e. The second kappa shape index (κ2) is 6.14. The number of fused-ring (bicyclic) bond motifs is 1. The van der Waals surface area contributed by atoms with E-state index in [2.05, 4.69) is 5.32 Å². The van der Waals surface area contributed by atoms with Crippen molar-refractivity contribution in [2.75, 3.05) is 20.1 Å². The first kappa shape index (κ1) is 15.7. The van der Waals surface area contributed by atoms with E-state index in [0.29, 0.717) is 43.5 Å². The summed E-state index contributed by atoms with van der Waals surface area (Å²) in [6, 6.07) is 1.82. The molecule has 7 heteroatoms. The van der Waals surface area contributed by atoms with Gasteiger partial charge >= 0.3 is 6.03 Å². The number of nitrogens with zero attached hydrogens (tertiary/aromatic N) is 2. The molecule has 0 unspecified atom stereocenters. The minimum absolute atomic E-state index is 0.0772. The number of amides is 3. The van der Waals surface area contributed by atoms with Gasteiger partial charge in [-0.25, -0.2) is 13.6 Å². The highest BCUT2D eigenvalue weighted by Crippen LogP contribution is 2.23. The fraction of sp³-hybridized carbons (Fsp3) is 0.500. The van der Waals surface area contributed by atoms with E-state index in [1.54, 1.807) is 16.8 Å². The number of likely N-dealkylation sites (tertiary alicyclic amines) is 1. The molecule has 1 saturated heterocycles. The van der Waals surface area contributed by atoms with E-state index in [9.17, 15) is 18.4 Å². The lowest BCUT2D eigenvalue weighted by molar-refractivity contribution is -0.132. The van der Waals surface area contributed by atoms with Gasteiger partial charge in [-0.05, 0) is 30.0 Å². The molecular formula is C16H19F2N3O2. The Labute approximate surface area is 133 Å². The van der Waals surface area contributed by atoms with Crippen LogP contribution in [0.15, 0.2) is 12.1 Å². The smallest absolute Gasteiger partial charge is 0.317 e. The Morgan fingerprint density at radius 1 is 1.30 bits per heavy atom. The van der Waals surface area contributed by atoms with E-state index in [1.807, 2.05) is 0 Å². The van der Waals surface area contributed by atoms with Gasteiger partial charge in [-0.2, -0.15) is 0 Å². The van der Waals surface area contributed by atoms with Crippen molar-refractivity contribution in [3.63, 3.8) is 0 Å². The number of benzene rings is 1. The first-order valence-electron chi connectivity index (χ1n) is 7.70. The number of halogens is 2. The third kappa shape index (κ3) is 3.28. The van der Waals surface area contributed by atoms with Crippen molar-refractivity contribution < 1.29 is 18.4 Å². The first-order chi connectivity index (χ1) is 10.9. The van der Waals surface area contributed by atoms with Crippen LogP contribution in [0.3, 0.4) is 0 Å². The van der Waals surface area contributed by atoms with Gasteiger partial charge in [0.25, 0.3) is 0 Å². The van der Waals surface area contributed by atoms with Crippen molar-refractivity contribution in [3.8, 4) is 0 Å². The van der Waals surface area contributed by atoms with E-state index >= 15 is 0 Å². The van der Waals surface area contributed by atoms with Gasteiger partial charge in [0.05, 0.1) is 0 Å². The summed E-state index contributed by atoms with van der Waals surface area (Å²) >= 11 is 0. The molecule has 1 aromatic rings. The number of carbonyl (C=O) groups is 2. The van der Waals surface area contributed by atoms with Gasteiger partial charge in [0.2, 0.25) is 5.91 Å². The molecule has 1 aromatic carbocycles. The Morgan fingerprint density at radius 3 is 2.83 bits per heavy atom. The largest absolute Gasteiger partial charge is 0.344 e. The molecule has 124 valence electrons. The number of likely N-dealkylation sites (N-methyl/N-ethyl adjacent to an activating group) is 1. The van der Waals surface area contributed by atoms with Crippen LogP contribution < -0.4 is 5.32 Å². The van der Waals surface area contributed by atoms with Gasteiger partial charge in [0.1, 0.15) is 11.6 Å². The van der Waals surface area contributed by atoms with Gasteiger partial charge in [-0.1, -0.05) is 0 Å². The molecule has 5 nitrogen and oxygen atoms in total. The molecular weight excluding hydrogens is 304 g/mol. The van der Waals surface area contributed by atoms with Gasteiger partial charge in [0, 0.05) is 45.2 Å². The van der Waals surface area contributed by atoms with E-state index < -0.39 is 11.6 Å². The number of rotatable bonds is 1. The number of urea groups is 1. The molecule has 2 aliphatic rings. The van der Waals surface area contributed by atoms with Crippen LogP contribution in [0.1, 0.15) is 24.0 Å². The zero-order chi connectivity index (χ0) is 16.6. The van der Waals surface area contributed by atoms with Crippen molar-refractivity contribution in [1.29, 1.82) is 0 Å². The maximum absolute atomic E-state index is 13.7. The summed E-state index contributed by atoms with van der Waals surface area (Å²) in [6.45, 7) is 1.07. The average Bonchev–Trinajstić information content (AvgIpc) is 2.50. The Balaban J connectivity index is 1.64. The highest BCUT2D eigenvalue weighted by atomic mass is 19.1. The molecule has 1 N–H and O–H groups in total. The average molecular weight is 323 g/mol. The van der Waals surface area contributed by atoms with Crippen LogP contribution in [0.5, 0.6) is 0 Å². The van der Waals surface area contributed by atoms with Gasteiger partial charge in [-0.15, -0.1) is 0 Å². The van der Waals surface area contributed by atoms with Crippen molar-refractivity contribution in [3.05, 3.63) is 34.9 Å². The molecule has 2 aliphatic heterocycles. The van der Waals surface area contributed by atoms with Gasteiger partial charge in [-0.3, -0.25) is 4.79 Å². The molecule has 0 saturated carbocycles. The number of nitrogens with one attached hydrogen (secondary N) is 1. The molecule has 23 heavy (non-hydrogen) atoms. The summed E-state index contributed by atoms with van der Waals surface area (Å²) in [7, 11) is 1.71. The highest BCUT2D eigenvalue weighted by Gasteiger charge is 2.28. The molecule has 1 atom stereocenters. The lowest BCUT2D eigenvalue weighted by Crippen LogP contribution is -2.52. The third-order valence-corrected chi connectivity index (χ3v) is 4.49. The Kier molecular flexibility index (Phi) is 4.19. The fourth-order valence-electron chi connectivity index (χ4n) is 3.18. The van der Waals surface area contributed by atoms with E-state index in [1.165, 1.54) is 6.07 Å². The standard InChI is InChI=1S/C16H19F2N3O2/c1-20-9-12(2-3-15(20)22)19-16(23)21-5-4-13-10(8-21)6-11(17)7-14(13)18/h6-7,12H,2-5,8-9H2,1H3,(H,19,23)/t12-/m1/s1. The molecule has 0 aliphatic carbocycles. The summed E-state index contributed by atoms with van der Waals surface area (Å²) < 4.78 is 27.1. The minimum atomic E-state index is -0.629. The zero-order valence-electron chi connectivity index (χ0n) is 12.9. The molecule has 2 heterocycles. The topological polar surface area (TPSA) is 52.7 Å². The maximum atomic E-state index is 13.7. The van der Waals surface area contributed by atoms with Crippen molar-refractivity contribution in [2.24, 2.45) is 0 Å². The second-order valence-corrected chi connectivity index (χ2v) is 6.16. The second-order valence-electron chi connectivity index (χ2n) is 6.16. The van der Waals surface area contributed by atoms with Crippen LogP contribution in [-0.4, -0.2) is 47.9 Å².